The molecule has 18 heavy (non-hydrogen) atoms. The van der Waals surface area contributed by atoms with Gasteiger partial charge in [0.25, 0.3) is 0 Å². The maximum absolute atomic E-state index is 11.0. The Morgan fingerprint density at radius 1 is 1.50 bits per heavy atom. The second-order valence-corrected chi connectivity index (χ2v) is 3.70. The quantitative estimate of drug-likeness (QED) is 0.868. The van der Waals surface area contributed by atoms with Crippen LogP contribution in [0.3, 0.4) is 0 Å². The number of imidazole rings is 1. The van der Waals surface area contributed by atoms with E-state index in [1.807, 2.05) is 0 Å². The highest BCUT2D eigenvalue weighted by molar-refractivity contribution is 5.92. The molecule has 0 saturated heterocycles. The van der Waals surface area contributed by atoms with Crippen molar-refractivity contribution in [3.8, 4) is 5.75 Å². The first-order valence-corrected chi connectivity index (χ1v) is 5.23. The summed E-state index contributed by atoms with van der Waals surface area (Å²) in [6.45, 7) is 2.02. The fraction of sp³-hybridized carbons (Fsp3) is 0.364. The van der Waals surface area contributed by atoms with Gasteiger partial charge in [0, 0.05) is 7.11 Å². The molecular formula is C11H13N3O4. The molecule has 0 aromatic carbocycles. The molecule has 0 aliphatic rings. The molecule has 1 N–H and O–H groups in total. The highest BCUT2D eigenvalue weighted by atomic mass is 16.5. The van der Waals surface area contributed by atoms with E-state index in [0.29, 0.717) is 17.1 Å². The molecule has 0 aliphatic heterocycles. The number of hydrogen-bond acceptors (Lipinski definition) is 5. The van der Waals surface area contributed by atoms with Crippen molar-refractivity contribution in [2.45, 2.75) is 13.5 Å². The minimum atomic E-state index is -1.11. The van der Waals surface area contributed by atoms with E-state index in [4.69, 9.17) is 14.6 Å². The summed E-state index contributed by atoms with van der Waals surface area (Å²) in [5.74, 6) is -0.545. The summed E-state index contributed by atoms with van der Waals surface area (Å²) in [4.78, 5) is 19.1. The molecule has 0 amide bonds. The van der Waals surface area contributed by atoms with Crippen molar-refractivity contribution in [1.29, 1.82) is 0 Å². The first-order valence-electron chi connectivity index (χ1n) is 5.23. The Balaban J connectivity index is 2.79. The van der Waals surface area contributed by atoms with E-state index in [9.17, 15) is 4.79 Å². The Bertz CT molecular complexity index is 606. The van der Waals surface area contributed by atoms with E-state index < -0.39 is 5.97 Å². The third kappa shape index (κ3) is 1.78. The number of fused-ring (bicyclic) bond motifs is 1. The van der Waals surface area contributed by atoms with Crippen LogP contribution in [0.25, 0.3) is 5.65 Å². The molecule has 0 unspecified atom stereocenters. The summed E-state index contributed by atoms with van der Waals surface area (Å²) in [5, 5.41) is 9.03. The highest BCUT2D eigenvalue weighted by Crippen LogP contribution is 2.25. The molecule has 0 saturated carbocycles. The summed E-state index contributed by atoms with van der Waals surface area (Å²) in [7, 11) is 3.08. The molecule has 7 nitrogen and oxygen atoms in total. The smallest absolute Gasteiger partial charge is 0.358 e. The molecule has 2 rings (SSSR count). The van der Waals surface area contributed by atoms with Gasteiger partial charge < -0.3 is 14.6 Å². The fourth-order valence-electron chi connectivity index (χ4n) is 1.86. The number of carboxylic acid groups (broad SMARTS) is 1. The van der Waals surface area contributed by atoms with Gasteiger partial charge in [-0.25, -0.2) is 14.8 Å². The monoisotopic (exact) mass is 251 g/mol. The zero-order valence-corrected chi connectivity index (χ0v) is 10.3. The third-order valence-corrected chi connectivity index (χ3v) is 2.59. The molecule has 0 bridgehead atoms. The van der Waals surface area contributed by atoms with Crippen LogP contribution in [0.2, 0.25) is 0 Å². The van der Waals surface area contributed by atoms with E-state index in [-0.39, 0.29) is 17.9 Å². The van der Waals surface area contributed by atoms with Gasteiger partial charge in [-0.3, -0.25) is 4.40 Å². The van der Waals surface area contributed by atoms with Crippen LogP contribution in [-0.4, -0.2) is 39.7 Å². The summed E-state index contributed by atoms with van der Waals surface area (Å²) in [6, 6.07) is 0. The number of methoxy groups -OCH3 is 2. The molecule has 0 aliphatic carbocycles. The topological polar surface area (TPSA) is 86.0 Å². The van der Waals surface area contributed by atoms with E-state index in [2.05, 4.69) is 9.97 Å². The van der Waals surface area contributed by atoms with Crippen molar-refractivity contribution in [2.24, 2.45) is 0 Å². The highest BCUT2D eigenvalue weighted by Gasteiger charge is 2.19. The molecule has 0 spiro atoms. The zero-order chi connectivity index (χ0) is 13.3. The van der Waals surface area contributed by atoms with Gasteiger partial charge in [0.05, 0.1) is 25.1 Å². The van der Waals surface area contributed by atoms with E-state index in [0.717, 1.165) is 0 Å². The molecule has 7 heteroatoms. The van der Waals surface area contributed by atoms with Crippen LogP contribution in [0, 0.1) is 6.92 Å². The van der Waals surface area contributed by atoms with Gasteiger partial charge >= 0.3 is 5.97 Å². The molecular weight excluding hydrogens is 238 g/mol. The number of nitrogens with zero attached hydrogens (tertiary/aromatic N) is 3. The predicted octanol–water partition coefficient (Wildman–Crippen LogP) is 0.891. The number of carboxylic acids is 1. The lowest BCUT2D eigenvalue weighted by Gasteiger charge is -2.12. The summed E-state index contributed by atoms with van der Waals surface area (Å²) in [6.07, 6.45) is 1.40. The van der Waals surface area contributed by atoms with Crippen LogP contribution >= 0.6 is 0 Å². The van der Waals surface area contributed by atoms with Crippen LogP contribution in [0.1, 0.15) is 21.9 Å². The number of ether oxygens (including phenoxy) is 2. The first kappa shape index (κ1) is 12.3. The van der Waals surface area contributed by atoms with Crippen molar-refractivity contribution >= 4 is 11.6 Å². The van der Waals surface area contributed by atoms with Crippen molar-refractivity contribution in [2.75, 3.05) is 14.2 Å². The van der Waals surface area contributed by atoms with Gasteiger partial charge in [-0.15, -0.1) is 0 Å². The molecule has 0 fully saturated rings. The summed E-state index contributed by atoms with van der Waals surface area (Å²) in [5.41, 5.74) is 1.48. The third-order valence-electron chi connectivity index (χ3n) is 2.59. The summed E-state index contributed by atoms with van der Waals surface area (Å²) >= 11 is 0. The molecule has 2 aromatic rings. The number of carbonyl (C=O) groups is 1. The predicted molar refractivity (Wildman–Crippen MR) is 61.9 cm³/mol. The van der Waals surface area contributed by atoms with Crippen LogP contribution in [0.5, 0.6) is 5.75 Å². The lowest BCUT2D eigenvalue weighted by molar-refractivity contribution is 0.0693. The van der Waals surface area contributed by atoms with E-state index >= 15 is 0 Å². The van der Waals surface area contributed by atoms with Gasteiger partial charge in [-0.05, 0) is 6.92 Å². The van der Waals surface area contributed by atoms with Gasteiger partial charge in [0.2, 0.25) is 0 Å². The first-order chi connectivity index (χ1) is 8.60. The standard InChI is InChI=1S/C11H13N3O4/c1-6-9(18-3)7(4-17-2)14-5-12-8(11(15)16)10(14)13-6/h5H,4H2,1-3H3,(H,15,16). The van der Waals surface area contributed by atoms with E-state index in [1.54, 1.807) is 18.4 Å². The van der Waals surface area contributed by atoms with Gasteiger partial charge in [0.15, 0.2) is 17.1 Å². The number of aromatic nitrogens is 3. The van der Waals surface area contributed by atoms with Crippen LogP contribution in [0.15, 0.2) is 6.33 Å². The second kappa shape index (κ2) is 4.61. The fourth-order valence-corrected chi connectivity index (χ4v) is 1.86. The Morgan fingerprint density at radius 2 is 2.22 bits per heavy atom. The van der Waals surface area contributed by atoms with Crippen molar-refractivity contribution < 1.29 is 19.4 Å². The second-order valence-electron chi connectivity index (χ2n) is 3.70. The molecule has 2 aromatic heterocycles. The zero-order valence-electron chi connectivity index (χ0n) is 10.3. The Hall–Kier alpha value is -2.15. The maximum atomic E-state index is 11.0. The lowest BCUT2D eigenvalue weighted by Crippen LogP contribution is -2.07. The normalized spacial score (nSPS) is 10.8. The number of hydrogen-bond donors (Lipinski definition) is 1. The molecule has 0 radical (unpaired) electrons. The number of aromatic carboxylic acids is 1. The maximum Gasteiger partial charge on any atom is 0.358 e. The summed E-state index contributed by atoms with van der Waals surface area (Å²) < 4.78 is 11.9. The molecule has 96 valence electrons. The average molecular weight is 251 g/mol. The molecule has 0 atom stereocenters. The van der Waals surface area contributed by atoms with Crippen molar-refractivity contribution in [1.82, 2.24) is 14.4 Å². The van der Waals surface area contributed by atoms with Gasteiger partial charge in [0.1, 0.15) is 6.33 Å². The van der Waals surface area contributed by atoms with Crippen molar-refractivity contribution in [3.63, 3.8) is 0 Å². The largest absolute Gasteiger partial charge is 0.493 e. The minimum absolute atomic E-state index is 0.0851. The van der Waals surface area contributed by atoms with Gasteiger partial charge in [-0.1, -0.05) is 0 Å². The van der Waals surface area contributed by atoms with Crippen molar-refractivity contribution in [3.05, 3.63) is 23.4 Å². The van der Waals surface area contributed by atoms with E-state index in [1.165, 1.54) is 13.4 Å². The Morgan fingerprint density at radius 3 is 2.78 bits per heavy atom. The van der Waals surface area contributed by atoms with Gasteiger partial charge in [-0.2, -0.15) is 0 Å². The van der Waals surface area contributed by atoms with Crippen LogP contribution < -0.4 is 4.74 Å². The van der Waals surface area contributed by atoms with Crippen LogP contribution in [0.4, 0.5) is 0 Å². The minimum Gasteiger partial charge on any atom is -0.493 e. The Kier molecular flexibility index (Phi) is 3.15. The lowest BCUT2D eigenvalue weighted by atomic mass is 10.3. The number of aryl methyl sites for hydroxylation is 1. The Labute approximate surface area is 103 Å². The average Bonchev–Trinajstić information content (AvgIpc) is 2.73. The molecule has 2 heterocycles. The van der Waals surface area contributed by atoms with Crippen LogP contribution in [-0.2, 0) is 11.3 Å². The number of rotatable bonds is 4. The SMILES string of the molecule is COCc1c(OC)c(C)nc2c(C(=O)O)ncn12.